The molecule has 0 spiro atoms. The van der Waals surface area contributed by atoms with Crippen LogP contribution in [0.15, 0.2) is 60.7 Å². The highest BCUT2D eigenvalue weighted by molar-refractivity contribution is 7.25. The van der Waals surface area contributed by atoms with Gasteiger partial charge >= 0.3 is 0 Å². The molecule has 0 bridgehead atoms. The summed E-state index contributed by atoms with van der Waals surface area (Å²) in [6, 6.07) is 4.18. The molecule has 2 heterocycles. The molecule has 2 aromatic rings. The van der Waals surface area contributed by atoms with Gasteiger partial charge in [-0.25, -0.2) is 0 Å². The van der Waals surface area contributed by atoms with Gasteiger partial charge in [0.25, 0.3) is 0 Å². The summed E-state index contributed by atoms with van der Waals surface area (Å²) in [7, 11) is 0. The fourth-order valence-electron chi connectivity index (χ4n) is 2.45. The van der Waals surface area contributed by atoms with Gasteiger partial charge in [0.05, 0.1) is 0 Å². The molecule has 2 aromatic heterocycles. The molecule has 4 rings (SSSR count). The van der Waals surface area contributed by atoms with E-state index >= 15 is 0 Å². The van der Waals surface area contributed by atoms with Crippen molar-refractivity contribution in [3.8, 4) is 0 Å². The van der Waals surface area contributed by atoms with Crippen LogP contribution in [0.3, 0.4) is 0 Å². The minimum absolute atomic E-state index is 0.00633. The Bertz CT molecular complexity index is 1070. The molecule has 0 radical (unpaired) electrons. The summed E-state index contributed by atoms with van der Waals surface area (Å²) in [6.45, 7) is 0. The highest BCUT2D eigenvalue weighted by atomic mass is 32.1. The lowest BCUT2D eigenvalue weighted by atomic mass is 10.1. The van der Waals surface area contributed by atoms with Crippen LogP contribution in [0.2, 0.25) is 0 Å². The van der Waals surface area contributed by atoms with E-state index < -0.39 is 11.6 Å². The van der Waals surface area contributed by atoms with E-state index in [1.54, 1.807) is 47.0 Å². The predicted octanol–water partition coefficient (Wildman–Crippen LogP) is 2.22. The Morgan fingerprint density at radius 3 is 1.42 bits per heavy atom. The fraction of sp³-hybridized carbons (Fsp3) is 0. The van der Waals surface area contributed by atoms with Gasteiger partial charge < -0.3 is 0 Å². The Labute approximate surface area is 144 Å². The van der Waals surface area contributed by atoms with Crippen LogP contribution in [-0.4, -0.2) is 17.3 Å². The quantitative estimate of drug-likeness (QED) is 0.685. The molecule has 0 unspecified atom stereocenters. The van der Waals surface area contributed by atoms with Gasteiger partial charge in [-0.1, -0.05) is 0 Å². The third-order valence-corrected chi connectivity index (χ3v) is 6.09. The number of carbonyl (C=O) groups excluding carboxylic acids is 3. The van der Waals surface area contributed by atoms with Crippen molar-refractivity contribution in [1.82, 2.24) is 0 Å². The Hall–Kier alpha value is -2.63. The van der Waals surface area contributed by atoms with E-state index in [1.807, 2.05) is 12.2 Å². The molecule has 116 valence electrons. The first-order valence-corrected chi connectivity index (χ1v) is 8.86. The first-order chi connectivity index (χ1) is 11.6. The minimum atomic E-state index is -0.497. The summed E-state index contributed by atoms with van der Waals surface area (Å²) >= 11 is 3.28. The number of allylic oxidation sites excluding steroid dienone is 8. The summed E-state index contributed by atoms with van der Waals surface area (Å²) in [5.74, 6) is -0.987. The van der Waals surface area contributed by atoms with Crippen molar-refractivity contribution < 1.29 is 14.4 Å². The largest absolute Gasteiger partial charge is 0.290 e. The number of rotatable bonds is 0. The summed E-state index contributed by atoms with van der Waals surface area (Å²) in [4.78, 5) is 34.1. The third-order valence-electron chi connectivity index (χ3n) is 3.70. The number of thiophene rings is 2. The van der Waals surface area contributed by atoms with Crippen LogP contribution in [0.1, 0.15) is 0 Å². The molecule has 0 fully saturated rings. The SMILES string of the molecule is O=C1C=CC(=c2cc3sc(=C4C=CC(=O)C(=O)C=C4)cc3s2)C=C1. The molecule has 0 amide bonds. The van der Waals surface area contributed by atoms with Crippen LogP contribution < -0.4 is 9.06 Å². The number of fused-ring (bicyclic) bond motifs is 1. The highest BCUT2D eigenvalue weighted by Crippen LogP contribution is 2.22. The predicted molar refractivity (Wildman–Crippen MR) is 97.3 cm³/mol. The van der Waals surface area contributed by atoms with Crippen molar-refractivity contribution in [3.05, 3.63) is 69.8 Å². The number of ketones is 3. The lowest BCUT2D eigenvalue weighted by Crippen LogP contribution is -2.05. The minimum Gasteiger partial charge on any atom is -0.290 e. The molecule has 2 aliphatic rings. The van der Waals surface area contributed by atoms with Gasteiger partial charge in [-0.2, -0.15) is 0 Å². The average molecular weight is 350 g/mol. The van der Waals surface area contributed by atoms with Gasteiger partial charge in [-0.15, -0.1) is 22.7 Å². The molecular formula is C19H10O3S2. The molecule has 0 aliphatic heterocycles. The normalized spacial score (nSPS) is 17.4. The van der Waals surface area contributed by atoms with Gasteiger partial charge in [0, 0.05) is 18.5 Å². The summed E-state index contributed by atoms with van der Waals surface area (Å²) in [5, 5.41) is 0. The number of carbonyl (C=O) groups is 3. The Morgan fingerprint density at radius 2 is 0.958 bits per heavy atom. The zero-order chi connectivity index (χ0) is 16.7. The van der Waals surface area contributed by atoms with E-state index in [0.717, 1.165) is 29.6 Å². The van der Waals surface area contributed by atoms with Gasteiger partial charge in [0.2, 0.25) is 11.6 Å². The summed E-state index contributed by atoms with van der Waals surface area (Å²) in [6.07, 6.45) is 12.8. The smallest absolute Gasteiger partial charge is 0.225 e. The number of hydrogen-bond acceptors (Lipinski definition) is 5. The first kappa shape index (κ1) is 14.9. The second-order valence-corrected chi connectivity index (χ2v) is 7.49. The van der Waals surface area contributed by atoms with Crippen molar-refractivity contribution in [2.24, 2.45) is 0 Å². The highest BCUT2D eigenvalue weighted by Gasteiger charge is 2.11. The van der Waals surface area contributed by atoms with Crippen molar-refractivity contribution >= 4 is 60.6 Å². The Balaban J connectivity index is 1.85. The molecular weight excluding hydrogens is 340 g/mol. The van der Waals surface area contributed by atoms with Gasteiger partial charge in [-0.05, 0) is 71.9 Å². The maximum absolute atomic E-state index is 11.4. The molecule has 2 aliphatic carbocycles. The standard InChI is InChI=1S/C19H10O3S2/c20-13-5-1-11(2-6-13)16-9-18-19(23-16)10-17(24-18)12-3-7-14(21)15(22)8-4-12/h1-10H. The molecule has 0 atom stereocenters. The van der Waals surface area contributed by atoms with Crippen LogP contribution >= 0.6 is 22.7 Å². The Kier molecular flexibility index (Phi) is 3.59. The van der Waals surface area contributed by atoms with Gasteiger partial charge in [-0.3, -0.25) is 14.4 Å². The van der Waals surface area contributed by atoms with Crippen molar-refractivity contribution in [3.63, 3.8) is 0 Å². The van der Waals surface area contributed by atoms with Crippen molar-refractivity contribution in [1.29, 1.82) is 0 Å². The lowest BCUT2D eigenvalue weighted by molar-refractivity contribution is -0.130. The maximum atomic E-state index is 11.4. The number of hydrogen-bond donors (Lipinski definition) is 0. The van der Waals surface area contributed by atoms with Crippen LogP contribution in [-0.2, 0) is 14.4 Å². The van der Waals surface area contributed by atoms with E-state index in [-0.39, 0.29) is 5.78 Å². The fourth-order valence-corrected chi connectivity index (χ4v) is 4.86. The van der Waals surface area contributed by atoms with Crippen molar-refractivity contribution in [2.45, 2.75) is 0 Å². The molecule has 0 saturated heterocycles. The molecule has 0 aromatic carbocycles. The zero-order valence-corrected chi connectivity index (χ0v) is 13.9. The molecule has 0 saturated carbocycles. The molecule has 3 nitrogen and oxygen atoms in total. The zero-order valence-electron chi connectivity index (χ0n) is 12.3. The van der Waals surface area contributed by atoms with E-state index in [0.29, 0.717) is 0 Å². The maximum Gasteiger partial charge on any atom is 0.225 e. The average Bonchev–Trinajstić information content (AvgIpc) is 3.09. The Morgan fingerprint density at radius 1 is 0.542 bits per heavy atom. The second-order valence-electron chi connectivity index (χ2n) is 5.32. The third kappa shape index (κ3) is 2.68. The summed E-state index contributed by atoms with van der Waals surface area (Å²) in [5.41, 5.74) is 1.89. The molecule has 5 heteroatoms. The van der Waals surface area contributed by atoms with E-state index in [4.69, 9.17) is 0 Å². The van der Waals surface area contributed by atoms with E-state index in [1.165, 1.54) is 12.2 Å². The summed E-state index contributed by atoms with van der Waals surface area (Å²) < 4.78 is 4.43. The van der Waals surface area contributed by atoms with Crippen LogP contribution in [0.4, 0.5) is 0 Å². The first-order valence-electron chi connectivity index (χ1n) is 7.23. The van der Waals surface area contributed by atoms with E-state index in [2.05, 4.69) is 12.1 Å². The van der Waals surface area contributed by atoms with Crippen molar-refractivity contribution in [2.75, 3.05) is 0 Å². The molecule has 24 heavy (non-hydrogen) atoms. The van der Waals surface area contributed by atoms with Gasteiger partial charge in [0.15, 0.2) is 5.78 Å². The van der Waals surface area contributed by atoms with Gasteiger partial charge in [0.1, 0.15) is 0 Å². The monoisotopic (exact) mass is 350 g/mol. The topological polar surface area (TPSA) is 51.2 Å². The lowest BCUT2D eigenvalue weighted by Gasteiger charge is -1.96. The van der Waals surface area contributed by atoms with Crippen LogP contribution in [0, 0.1) is 0 Å². The van der Waals surface area contributed by atoms with Crippen LogP contribution in [0.5, 0.6) is 0 Å². The molecule has 0 N–H and O–H groups in total. The second kappa shape index (κ2) is 5.78. The van der Waals surface area contributed by atoms with E-state index in [9.17, 15) is 14.4 Å². The van der Waals surface area contributed by atoms with Crippen LogP contribution in [0.25, 0.3) is 20.5 Å².